The van der Waals surface area contributed by atoms with E-state index in [4.69, 9.17) is 4.74 Å². The first kappa shape index (κ1) is 20.8. The van der Waals surface area contributed by atoms with Gasteiger partial charge in [0.25, 0.3) is 5.91 Å². The van der Waals surface area contributed by atoms with Crippen molar-refractivity contribution >= 4 is 50.3 Å². The van der Waals surface area contributed by atoms with Gasteiger partial charge < -0.3 is 10.1 Å². The van der Waals surface area contributed by atoms with Gasteiger partial charge >= 0.3 is 5.97 Å². The van der Waals surface area contributed by atoms with Crippen molar-refractivity contribution in [2.24, 2.45) is 0 Å². The summed E-state index contributed by atoms with van der Waals surface area (Å²) in [5, 5.41) is 2.25. The molecule has 0 aliphatic carbocycles. The van der Waals surface area contributed by atoms with Gasteiger partial charge in [0, 0.05) is 0 Å². The van der Waals surface area contributed by atoms with Crippen LogP contribution in [0.2, 0.25) is 0 Å². The zero-order valence-electron chi connectivity index (χ0n) is 15.0. The van der Waals surface area contributed by atoms with Crippen LogP contribution in [0, 0.1) is 5.82 Å². The Bertz CT molecular complexity index is 1170. The van der Waals surface area contributed by atoms with E-state index in [-0.39, 0.29) is 16.1 Å². The van der Waals surface area contributed by atoms with Crippen LogP contribution in [0.1, 0.15) is 6.92 Å². The van der Waals surface area contributed by atoms with Gasteiger partial charge in [-0.1, -0.05) is 18.2 Å². The van der Waals surface area contributed by atoms with Crippen LogP contribution in [0.4, 0.5) is 10.1 Å². The number of amides is 1. The minimum atomic E-state index is -4.09. The Balaban J connectivity index is 1.59. The first-order valence-corrected chi connectivity index (χ1v) is 10.4. The highest BCUT2D eigenvalue weighted by atomic mass is 32.2. The summed E-state index contributed by atoms with van der Waals surface area (Å²) >= 11 is 0.866. The summed E-state index contributed by atoms with van der Waals surface area (Å²) in [5.74, 6) is -2.38. The number of ether oxygens (including phenoxy) is 1. The Morgan fingerprint density at radius 3 is 2.69 bits per heavy atom. The second-order valence-corrected chi connectivity index (χ2v) is 8.08. The van der Waals surface area contributed by atoms with Crippen molar-refractivity contribution < 1.29 is 27.1 Å². The van der Waals surface area contributed by atoms with Crippen molar-refractivity contribution in [3.8, 4) is 0 Å². The van der Waals surface area contributed by atoms with E-state index in [0.717, 1.165) is 17.8 Å². The molecule has 1 heterocycles. The third kappa shape index (κ3) is 4.91. The molecule has 2 aromatic carbocycles. The standard InChI is InChI=1S/C17H15FN4O5S2/c1-10(17(24)27-9-15(23)19-12-6-3-2-5-11(12)18)22-29(25,26)14-8-4-7-13-16(14)21-28-20-13/h2-8,10,22H,9H2,1H3,(H,19,23)/t10-/m1/s1. The van der Waals surface area contributed by atoms with Crippen LogP contribution in [-0.4, -0.2) is 41.7 Å². The summed E-state index contributed by atoms with van der Waals surface area (Å²) in [7, 11) is -4.09. The van der Waals surface area contributed by atoms with Crippen LogP contribution < -0.4 is 10.0 Å². The lowest BCUT2D eigenvalue weighted by Gasteiger charge is -2.14. The minimum Gasteiger partial charge on any atom is -0.454 e. The molecule has 9 nitrogen and oxygen atoms in total. The number of anilines is 1. The molecule has 2 N–H and O–H groups in total. The fourth-order valence-electron chi connectivity index (χ4n) is 2.35. The van der Waals surface area contributed by atoms with Crippen LogP contribution in [-0.2, 0) is 24.3 Å². The van der Waals surface area contributed by atoms with Crippen LogP contribution >= 0.6 is 11.7 Å². The normalized spacial score (nSPS) is 12.5. The van der Waals surface area contributed by atoms with Gasteiger partial charge in [0.15, 0.2) is 6.61 Å². The quantitative estimate of drug-likeness (QED) is 0.537. The summed E-state index contributed by atoms with van der Waals surface area (Å²) < 4.78 is 53.6. The minimum absolute atomic E-state index is 0.0627. The lowest BCUT2D eigenvalue weighted by Crippen LogP contribution is -2.40. The second-order valence-electron chi connectivity index (χ2n) is 5.87. The fourth-order valence-corrected chi connectivity index (χ4v) is 4.31. The summed E-state index contributed by atoms with van der Waals surface area (Å²) in [6.45, 7) is 0.568. The van der Waals surface area contributed by atoms with Crippen LogP contribution in [0.5, 0.6) is 0 Å². The number of esters is 1. The lowest BCUT2D eigenvalue weighted by molar-refractivity contribution is -0.148. The number of carbonyl (C=O) groups is 2. The van der Waals surface area contributed by atoms with E-state index in [0.29, 0.717) is 5.52 Å². The van der Waals surface area contributed by atoms with Crippen molar-refractivity contribution in [1.29, 1.82) is 0 Å². The number of fused-ring (bicyclic) bond motifs is 1. The topological polar surface area (TPSA) is 127 Å². The number of hydrogen-bond donors (Lipinski definition) is 2. The van der Waals surface area contributed by atoms with E-state index in [1.54, 1.807) is 6.07 Å². The third-order valence-electron chi connectivity index (χ3n) is 3.72. The summed E-state index contributed by atoms with van der Waals surface area (Å²) in [6, 6.07) is 8.69. The number of sulfonamides is 1. The second kappa shape index (κ2) is 8.59. The molecule has 0 fully saturated rings. The molecule has 1 aromatic heterocycles. The molecule has 0 aliphatic heterocycles. The van der Waals surface area contributed by atoms with E-state index in [1.165, 1.54) is 37.3 Å². The zero-order chi connectivity index (χ0) is 21.0. The molecule has 0 unspecified atom stereocenters. The Hall–Kier alpha value is -2.96. The molecule has 0 saturated carbocycles. The van der Waals surface area contributed by atoms with Crippen molar-refractivity contribution in [3.63, 3.8) is 0 Å². The SMILES string of the molecule is C[C@@H](NS(=O)(=O)c1cccc2nsnc12)C(=O)OCC(=O)Nc1ccccc1F. The van der Waals surface area contributed by atoms with Gasteiger partial charge in [0.05, 0.1) is 17.4 Å². The molecule has 0 radical (unpaired) electrons. The highest BCUT2D eigenvalue weighted by Gasteiger charge is 2.26. The number of carbonyl (C=O) groups excluding carboxylic acids is 2. The van der Waals surface area contributed by atoms with Crippen LogP contribution in [0.25, 0.3) is 11.0 Å². The first-order valence-electron chi connectivity index (χ1n) is 8.22. The van der Waals surface area contributed by atoms with Gasteiger partial charge in [-0.25, -0.2) is 12.8 Å². The summed E-state index contributed by atoms with van der Waals surface area (Å²) in [5.41, 5.74) is 0.542. The number of nitrogens with zero attached hydrogens (tertiary/aromatic N) is 2. The van der Waals surface area contributed by atoms with Gasteiger partial charge in [0.2, 0.25) is 10.0 Å². The maximum atomic E-state index is 13.5. The van der Waals surface area contributed by atoms with Crippen molar-refractivity contribution in [2.75, 3.05) is 11.9 Å². The molecular formula is C17H15FN4O5S2. The Morgan fingerprint density at radius 1 is 1.17 bits per heavy atom. The van der Waals surface area contributed by atoms with Crippen molar-refractivity contribution in [3.05, 3.63) is 48.3 Å². The van der Waals surface area contributed by atoms with E-state index in [9.17, 15) is 22.4 Å². The molecule has 29 heavy (non-hydrogen) atoms. The lowest BCUT2D eigenvalue weighted by atomic mass is 10.3. The smallest absolute Gasteiger partial charge is 0.324 e. The van der Waals surface area contributed by atoms with E-state index >= 15 is 0 Å². The van der Waals surface area contributed by atoms with Crippen LogP contribution in [0.3, 0.4) is 0 Å². The number of benzene rings is 2. The van der Waals surface area contributed by atoms with Crippen molar-refractivity contribution in [2.45, 2.75) is 17.9 Å². The van der Waals surface area contributed by atoms with Crippen molar-refractivity contribution in [1.82, 2.24) is 13.5 Å². The molecule has 152 valence electrons. The Labute approximate surface area is 169 Å². The largest absolute Gasteiger partial charge is 0.454 e. The zero-order valence-corrected chi connectivity index (χ0v) is 16.6. The molecule has 3 rings (SSSR count). The maximum absolute atomic E-state index is 13.5. The number of halogens is 1. The maximum Gasteiger partial charge on any atom is 0.324 e. The first-order chi connectivity index (χ1) is 13.8. The fraction of sp³-hybridized carbons (Fsp3) is 0.176. The van der Waals surface area contributed by atoms with Gasteiger partial charge in [0.1, 0.15) is 27.8 Å². The Morgan fingerprint density at radius 2 is 1.93 bits per heavy atom. The third-order valence-corrected chi connectivity index (χ3v) is 5.83. The molecule has 0 aliphatic rings. The highest BCUT2D eigenvalue weighted by Crippen LogP contribution is 2.21. The molecule has 3 aromatic rings. The van der Waals surface area contributed by atoms with E-state index in [2.05, 4.69) is 18.8 Å². The molecule has 1 amide bonds. The van der Waals surface area contributed by atoms with Crippen LogP contribution in [0.15, 0.2) is 47.4 Å². The van der Waals surface area contributed by atoms with Gasteiger partial charge in [-0.3, -0.25) is 9.59 Å². The summed E-state index contributed by atoms with van der Waals surface area (Å²) in [4.78, 5) is 23.7. The Kier molecular flexibility index (Phi) is 6.15. The highest BCUT2D eigenvalue weighted by molar-refractivity contribution is 7.89. The number of nitrogens with one attached hydrogen (secondary N) is 2. The monoisotopic (exact) mass is 438 g/mol. The summed E-state index contributed by atoms with van der Waals surface area (Å²) in [6.07, 6.45) is 0. The number of rotatable bonds is 7. The van der Waals surface area contributed by atoms with Gasteiger partial charge in [-0.05, 0) is 31.2 Å². The molecule has 0 spiro atoms. The number of hydrogen-bond acceptors (Lipinski definition) is 8. The number of aromatic nitrogens is 2. The van der Waals surface area contributed by atoms with Gasteiger partial charge in [-0.15, -0.1) is 0 Å². The predicted molar refractivity (Wildman–Crippen MR) is 103 cm³/mol. The van der Waals surface area contributed by atoms with E-state index in [1.807, 2.05) is 0 Å². The molecule has 1 atom stereocenters. The average molecular weight is 438 g/mol. The predicted octanol–water partition coefficient (Wildman–Crippen LogP) is 1.68. The van der Waals surface area contributed by atoms with E-state index < -0.39 is 40.4 Å². The number of para-hydroxylation sites is 1. The molecular weight excluding hydrogens is 423 g/mol. The molecule has 0 bridgehead atoms. The average Bonchev–Trinajstić information content (AvgIpc) is 3.16. The molecule has 0 saturated heterocycles. The molecule has 12 heteroatoms. The van der Waals surface area contributed by atoms with Gasteiger partial charge in [-0.2, -0.15) is 13.5 Å².